The Morgan fingerprint density at radius 3 is 2.86 bits per heavy atom. The largest absolute Gasteiger partial charge is 0.481 e. The summed E-state index contributed by atoms with van der Waals surface area (Å²) in [4.78, 5) is 27.6. The van der Waals surface area contributed by atoms with Gasteiger partial charge in [-0.15, -0.1) is 11.3 Å². The van der Waals surface area contributed by atoms with Crippen molar-refractivity contribution < 1.29 is 14.7 Å². The fourth-order valence-corrected chi connectivity index (χ4v) is 4.17. The van der Waals surface area contributed by atoms with Crippen molar-refractivity contribution in [2.75, 3.05) is 6.54 Å². The number of carboxylic acid groups (broad SMARTS) is 1. The third kappa shape index (κ3) is 4.09. The molecule has 1 atom stereocenters. The zero-order valence-electron chi connectivity index (χ0n) is 13.4. The molecule has 1 unspecified atom stereocenters. The first-order valence-corrected chi connectivity index (χ1v) is 8.96. The van der Waals surface area contributed by atoms with Crippen molar-refractivity contribution in [1.82, 2.24) is 4.90 Å². The van der Waals surface area contributed by atoms with Gasteiger partial charge in [-0.05, 0) is 50.7 Å². The fraction of sp³-hybridized carbons (Fsp3) is 0.647. The van der Waals surface area contributed by atoms with E-state index in [1.807, 2.05) is 11.0 Å². The van der Waals surface area contributed by atoms with Crippen molar-refractivity contribution in [1.29, 1.82) is 0 Å². The van der Waals surface area contributed by atoms with Gasteiger partial charge < -0.3 is 10.0 Å². The van der Waals surface area contributed by atoms with Crippen LogP contribution in [-0.4, -0.2) is 34.5 Å². The molecule has 1 saturated heterocycles. The molecule has 0 bridgehead atoms. The van der Waals surface area contributed by atoms with Gasteiger partial charge in [0.25, 0.3) is 5.91 Å². The molecule has 1 fully saturated rings. The number of thiophene rings is 1. The minimum atomic E-state index is -0.782. The molecule has 1 amide bonds. The number of piperidine rings is 1. The summed E-state index contributed by atoms with van der Waals surface area (Å²) < 4.78 is 0. The summed E-state index contributed by atoms with van der Waals surface area (Å²) in [6.07, 6.45) is 5.81. The number of carboxylic acids is 1. The van der Waals surface area contributed by atoms with E-state index in [9.17, 15) is 9.59 Å². The standard InChI is InChI=1S/C17H25NO3S/c1-3-6-13-11-15(22-12(13)2)17(21)18-10-5-4-7-14(18)8-9-16(19)20/h11,14H,3-10H2,1-2H3,(H,19,20). The van der Waals surface area contributed by atoms with E-state index in [-0.39, 0.29) is 18.4 Å². The van der Waals surface area contributed by atoms with Gasteiger partial charge in [0.15, 0.2) is 0 Å². The van der Waals surface area contributed by atoms with Crippen LogP contribution in [0.5, 0.6) is 0 Å². The molecular formula is C17H25NO3S. The summed E-state index contributed by atoms with van der Waals surface area (Å²) in [6.45, 7) is 4.97. The third-order valence-corrected chi connectivity index (χ3v) is 5.41. The summed E-state index contributed by atoms with van der Waals surface area (Å²) in [7, 11) is 0. The van der Waals surface area contributed by atoms with Crippen molar-refractivity contribution in [3.05, 3.63) is 21.4 Å². The van der Waals surface area contributed by atoms with Gasteiger partial charge in [-0.2, -0.15) is 0 Å². The Morgan fingerprint density at radius 1 is 1.41 bits per heavy atom. The molecule has 1 aromatic rings. The lowest BCUT2D eigenvalue weighted by atomic mass is 9.97. The Kier molecular flexibility index (Phi) is 6.00. The molecule has 0 aliphatic carbocycles. The first-order valence-electron chi connectivity index (χ1n) is 8.15. The third-order valence-electron chi connectivity index (χ3n) is 4.33. The van der Waals surface area contributed by atoms with E-state index in [2.05, 4.69) is 13.8 Å². The maximum atomic E-state index is 12.8. The number of amides is 1. The van der Waals surface area contributed by atoms with Gasteiger partial charge in [0.05, 0.1) is 4.88 Å². The fourth-order valence-electron chi connectivity index (χ4n) is 3.14. The van der Waals surface area contributed by atoms with Crippen LogP contribution in [0, 0.1) is 6.92 Å². The van der Waals surface area contributed by atoms with E-state index >= 15 is 0 Å². The van der Waals surface area contributed by atoms with E-state index in [1.165, 1.54) is 10.4 Å². The number of hydrogen-bond donors (Lipinski definition) is 1. The van der Waals surface area contributed by atoms with Crippen LogP contribution in [0.25, 0.3) is 0 Å². The van der Waals surface area contributed by atoms with Gasteiger partial charge in [-0.1, -0.05) is 13.3 Å². The maximum absolute atomic E-state index is 12.8. The minimum absolute atomic E-state index is 0.0781. The quantitative estimate of drug-likeness (QED) is 0.864. The van der Waals surface area contributed by atoms with E-state index in [4.69, 9.17) is 5.11 Å². The summed E-state index contributed by atoms with van der Waals surface area (Å²) in [5.41, 5.74) is 1.27. The van der Waals surface area contributed by atoms with E-state index in [0.29, 0.717) is 6.42 Å². The lowest BCUT2D eigenvalue weighted by Gasteiger charge is -2.35. The predicted molar refractivity (Wildman–Crippen MR) is 88.6 cm³/mol. The van der Waals surface area contributed by atoms with Crippen LogP contribution >= 0.6 is 11.3 Å². The smallest absolute Gasteiger partial charge is 0.303 e. The van der Waals surface area contributed by atoms with Gasteiger partial charge in [0.1, 0.15) is 0 Å². The van der Waals surface area contributed by atoms with Crippen LogP contribution < -0.4 is 0 Å². The van der Waals surface area contributed by atoms with Crippen molar-refractivity contribution in [3.63, 3.8) is 0 Å². The number of carbonyl (C=O) groups is 2. The molecule has 22 heavy (non-hydrogen) atoms. The van der Waals surface area contributed by atoms with Crippen molar-refractivity contribution in [2.24, 2.45) is 0 Å². The van der Waals surface area contributed by atoms with Crippen LogP contribution in [0.4, 0.5) is 0 Å². The van der Waals surface area contributed by atoms with Crippen molar-refractivity contribution in [3.8, 4) is 0 Å². The molecule has 2 heterocycles. The Morgan fingerprint density at radius 2 is 2.18 bits per heavy atom. The lowest BCUT2D eigenvalue weighted by Crippen LogP contribution is -2.43. The Hall–Kier alpha value is -1.36. The molecule has 0 saturated carbocycles. The molecule has 4 nitrogen and oxygen atoms in total. The molecule has 0 aromatic carbocycles. The summed E-state index contributed by atoms with van der Waals surface area (Å²) >= 11 is 1.57. The molecule has 0 spiro atoms. The number of aryl methyl sites for hydroxylation is 2. The van der Waals surface area contributed by atoms with E-state index < -0.39 is 5.97 Å². The number of rotatable bonds is 6. The Labute approximate surface area is 136 Å². The second-order valence-corrected chi connectivity index (χ2v) is 7.28. The first-order chi connectivity index (χ1) is 10.5. The highest BCUT2D eigenvalue weighted by Crippen LogP contribution is 2.28. The van der Waals surface area contributed by atoms with Crippen LogP contribution in [0.15, 0.2) is 6.07 Å². The molecule has 2 rings (SSSR count). The van der Waals surface area contributed by atoms with Gasteiger partial charge >= 0.3 is 5.97 Å². The molecular weight excluding hydrogens is 298 g/mol. The average Bonchev–Trinajstić information content (AvgIpc) is 2.86. The number of aliphatic carboxylic acids is 1. The molecule has 1 aliphatic rings. The molecule has 0 radical (unpaired) electrons. The zero-order chi connectivity index (χ0) is 16.1. The number of carbonyl (C=O) groups excluding carboxylic acids is 1. The van der Waals surface area contributed by atoms with Crippen LogP contribution in [-0.2, 0) is 11.2 Å². The lowest BCUT2D eigenvalue weighted by molar-refractivity contribution is -0.137. The van der Waals surface area contributed by atoms with Crippen LogP contribution in [0.2, 0.25) is 0 Å². The Balaban J connectivity index is 2.11. The first kappa shape index (κ1) is 17.0. The normalized spacial score (nSPS) is 18.5. The van der Waals surface area contributed by atoms with Crippen LogP contribution in [0.1, 0.15) is 65.6 Å². The van der Waals surface area contributed by atoms with Crippen LogP contribution in [0.3, 0.4) is 0 Å². The van der Waals surface area contributed by atoms with Crippen molar-refractivity contribution >= 4 is 23.2 Å². The van der Waals surface area contributed by atoms with Gasteiger partial charge in [-0.3, -0.25) is 9.59 Å². The highest BCUT2D eigenvalue weighted by atomic mass is 32.1. The van der Waals surface area contributed by atoms with Gasteiger partial charge in [0, 0.05) is 23.9 Å². The highest BCUT2D eigenvalue weighted by molar-refractivity contribution is 7.14. The zero-order valence-corrected chi connectivity index (χ0v) is 14.2. The second-order valence-electron chi connectivity index (χ2n) is 6.02. The number of hydrogen-bond acceptors (Lipinski definition) is 3. The Bertz CT molecular complexity index is 538. The topological polar surface area (TPSA) is 57.6 Å². The second kappa shape index (κ2) is 7.77. The maximum Gasteiger partial charge on any atom is 0.303 e. The number of nitrogens with zero attached hydrogens (tertiary/aromatic N) is 1. The van der Waals surface area contributed by atoms with Gasteiger partial charge in [0.2, 0.25) is 0 Å². The van der Waals surface area contributed by atoms with Crippen molar-refractivity contribution in [2.45, 2.75) is 64.8 Å². The minimum Gasteiger partial charge on any atom is -0.481 e. The predicted octanol–water partition coefficient (Wildman–Crippen LogP) is 3.87. The molecule has 5 heteroatoms. The summed E-state index contributed by atoms with van der Waals surface area (Å²) in [5.74, 6) is -0.694. The van der Waals surface area contributed by atoms with Gasteiger partial charge in [-0.25, -0.2) is 0 Å². The highest BCUT2D eigenvalue weighted by Gasteiger charge is 2.28. The molecule has 122 valence electrons. The SMILES string of the molecule is CCCc1cc(C(=O)N2CCCCC2CCC(=O)O)sc1C. The average molecular weight is 323 g/mol. The molecule has 1 aliphatic heterocycles. The van der Waals surface area contributed by atoms with E-state index in [0.717, 1.165) is 43.5 Å². The monoisotopic (exact) mass is 323 g/mol. The molecule has 1 aromatic heterocycles. The summed E-state index contributed by atoms with van der Waals surface area (Å²) in [5, 5.41) is 8.88. The number of likely N-dealkylation sites (tertiary alicyclic amines) is 1. The van der Waals surface area contributed by atoms with E-state index in [1.54, 1.807) is 11.3 Å². The molecule has 1 N–H and O–H groups in total. The summed E-state index contributed by atoms with van der Waals surface area (Å²) in [6, 6.07) is 2.11.